The summed E-state index contributed by atoms with van der Waals surface area (Å²) in [6.07, 6.45) is 21.4. The summed E-state index contributed by atoms with van der Waals surface area (Å²) in [6, 6.07) is 0. The Balaban J connectivity index is 2.99. The van der Waals surface area contributed by atoms with E-state index in [1.165, 1.54) is 89.9 Å². The molecule has 0 radical (unpaired) electrons. The molecule has 0 aromatic carbocycles. The summed E-state index contributed by atoms with van der Waals surface area (Å²) in [4.78, 5) is 20.6. The summed E-state index contributed by atoms with van der Waals surface area (Å²) in [5, 5.41) is 2.41. The van der Waals surface area contributed by atoms with E-state index in [-0.39, 0.29) is 0 Å². The Hall–Kier alpha value is -0.730. The SMILES string of the molecule is CCCCCCCCCCCCCCCCCCC(=O)N=O. The molecule has 0 spiro atoms. The molecule has 0 unspecified atom stereocenters. The molecule has 1 amide bonds. The van der Waals surface area contributed by atoms with Crippen LogP contribution >= 0.6 is 0 Å². The Morgan fingerprint density at radius 1 is 0.591 bits per heavy atom. The molecule has 0 aliphatic carbocycles. The number of hydrogen-bond donors (Lipinski definition) is 0. The van der Waals surface area contributed by atoms with E-state index in [1.54, 1.807) is 0 Å². The zero-order valence-corrected chi connectivity index (χ0v) is 14.8. The van der Waals surface area contributed by atoms with Gasteiger partial charge >= 0.3 is 0 Å². The molecule has 0 aliphatic heterocycles. The van der Waals surface area contributed by atoms with Gasteiger partial charge in [-0.25, -0.2) is 0 Å². The number of unbranched alkanes of at least 4 members (excludes halogenated alkanes) is 15. The van der Waals surface area contributed by atoms with Crippen LogP contribution in [0.1, 0.15) is 116 Å². The average Bonchev–Trinajstić information content (AvgIpc) is 2.54. The first-order valence-corrected chi connectivity index (χ1v) is 9.67. The summed E-state index contributed by atoms with van der Waals surface area (Å²) in [5.74, 6) is -0.495. The number of rotatable bonds is 17. The molecule has 0 aromatic rings. The lowest BCUT2D eigenvalue weighted by molar-refractivity contribution is -0.118. The van der Waals surface area contributed by atoms with Crippen LogP contribution in [0.3, 0.4) is 0 Å². The zero-order chi connectivity index (χ0) is 16.3. The molecule has 22 heavy (non-hydrogen) atoms. The molecule has 0 fully saturated rings. The van der Waals surface area contributed by atoms with E-state index in [0.717, 1.165) is 12.8 Å². The fraction of sp³-hybridized carbons (Fsp3) is 0.947. The number of carbonyl (C=O) groups is 1. The average molecular weight is 312 g/mol. The summed E-state index contributed by atoms with van der Waals surface area (Å²) in [7, 11) is 0. The van der Waals surface area contributed by atoms with Gasteiger partial charge in [0.05, 0.1) is 0 Å². The number of nitroso groups, excluding NO2 is 1. The molecule has 0 bridgehead atoms. The number of hydrogen-bond acceptors (Lipinski definition) is 2. The highest BCUT2D eigenvalue weighted by Gasteiger charge is 1.99. The lowest BCUT2D eigenvalue weighted by atomic mass is 10.0. The van der Waals surface area contributed by atoms with Crippen molar-refractivity contribution < 1.29 is 4.79 Å². The van der Waals surface area contributed by atoms with Crippen LogP contribution in [0.15, 0.2) is 5.18 Å². The minimum absolute atomic E-state index is 0.335. The summed E-state index contributed by atoms with van der Waals surface area (Å²) >= 11 is 0. The number of nitrogens with zero attached hydrogens (tertiary/aromatic N) is 1. The fourth-order valence-electron chi connectivity index (χ4n) is 2.87. The maximum Gasteiger partial charge on any atom is 0.286 e. The molecule has 0 saturated heterocycles. The first-order chi connectivity index (χ1) is 10.8. The Bertz CT molecular complexity index is 254. The third-order valence-corrected chi connectivity index (χ3v) is 4.35. The monoisotopic (exact) mass is 311 g/mol. The standard InChI is InChI=1S/C19H37NO2/c1-2-3-4-5-6-7-8-9-10-11-12-13-14-15-16-17-18-19(21)20-22/h2-18H2,1H3. The van der Waals surface area contributed by atoms with Gasteiger partial charge in [0.1, 0.15) is 0 Å². The van der Waals surface area contributed by atoms with Crippen molar-refractivity contribution in [2.24, 2.45) is 5.18 Å². The molecule has 0 aromatic heterocycles. The van der Waals surface area contributed by atoms with Crippen molar-refractivity contribution >= 4 is 5.91 Å². The number of carbonyl (C=O) groups excluding carboxylic acids is 1. The van der Waals surface area contributed by atoms with Crippen molar-refractivity contribution in [2.45, 2.75) is 116 Å². The molecule has 0 atom stereocenters. The van der Waals surface area contributed by atoms with Crippen LogP contribution in [-0.4, -0.2) is 5.91 Å². The molecule has 0 rings (SSSR count). The van der Waals surface area contributed by atoms with Crippen molar-refractivity contribution in [3.8, 4) is 0 Å². The van der Waals surface area contributed by atoms with Gasteiger partial charge in [-0.3, -0.25) is 4.79 Å². The minimum Gasteiger partial charge on any atom is -0.269 e. The molecule has 0 aliphatic rings. The lowest BCUT2D eigenvalue weighted by Crippen LogP contribution is -1.91. The van der Waals surface area contributed by atoms with E-state index >= 15 is 0 Å². The highest BCUT2D eigenvalue weighted by Crippen LogP contribution is 2.14. The maximum absolute atomic E-state index is 10.7. The molecular formula is C19H37NO2. The Kier molecular flexibility index (Phi) is 17.7. The minimum atomic E-state index is -0.495. The third-order valence-electron chi connectivity index (χ3n) is 4.35. The topological polar surface area (TPSA) is 46.5 Å². The molecule has 3 nitrogen and oxygen atoms in total. The number of amides is 1. The van der Waals surface area contributed by atoms with Crippen LogP contribution in [0, 0.1) is 4.91 Å². The van der Waals surface area contributed by atoms with E-state index < -0.39 is 5.91 Å². The molecule has 3 heteroatoms. The van der Waals surface area contributed by atoms with Gasteiger partial charge in [0.2, 0.25) is 0 Å². The van der Waals surface area contributed by atoms with Crippen LogP contribution in [0.25, 0.3) is 0 Å². The Labute approximate surface area is 137 Å². The van der Waals surface area contributed by atoms with E-state index in [9.17, 15) is 9.70 Å². The van der Waals surface area contributed by atoms with Crippen molar-refractivity contribution in [3.05, 3.63) is 4.91 Å². The first-order valence-electron chi connectivity index (χ1n) is 9.67. The normalized spacial score (nSPS) is 10.8. The van der Waals surface area contributed by atoms with Gasteiger partial charge in [0, 0.05) is 11.6 Å². The van der Waals surface area contributed by atoms with E-state index in [1.807, 2.05) is 0 Å². The molecule has 0 heterocycles. The van der Waals surface area contributed by atoms with Crippen LogP contribution in [0.5, 0.6) is 0 Å². The van der Waals surface area contributed by atoms with Crippen molar-refractivity contribution in [1.82, 2.24) is 0 Å². The van der Waals surface area contributed by atoms with Gasteiger partial charge in [-0.1, -0.05) is 103 Å². The lowest BCUT2D eigenvalue weighted by Gasteiger charge is -2.03. The maximum atomic E-state index is 10.7. The summed E-state index contributed by atoms with van der Waals surface area (Å²) in [6.45, 7) is 2.27. The Morgan fingerprint density at radius 3 is 1.23 bits per heavy atom. The van der Waals surface area contributed by atoms with Crippen LogP contribution in [0.2, 0.25) is 0 Å². The predicted molar refractivity (Wildman–Crippen MR) is 95.0 cm³/mol. The van der Waals surface area contributed by atoms with E-state index in [0.29, 0.717) is 6.42 Å². The Morgan fingerprint density at radius 2 is 0.909 bits per heavy atom. The van der Waals surface area contributed by atoms with Crippen molar-refractivity contribution in [3.63, 3.8) is 0 Å². The van der Waals surface area contributed by atoms with Gasteiger partial charge in [-0.15, -0.1) is 4.91 Å². The second kappa shape index (κ2) is 18.3. The molecule has 0 N–H and O–H groups in total. The van der Waals surface area contributed by atoms with Crippen molar-refractivity contribution in [1.29, 1.82) is 0 Å². The summed E-state index contributed by atoms with van der Waals surface area (Å²) in [5.41, 5.74) is 0. The van der Waals surface area contributed by atoms with Gasteiger partial charge < -0.3 is 0 Å². The van der Waals surface area contributed by atoms with Gasteiger partial charge in [-0.2, -0.15) is 0 Å². The van der Waals surface area contributed by atoms with Crippen LogP contribution in [0.4, 0.5) is 0 Å². The smallest absolute Gasteiger partial charge is 0.269 e. The second-order valence-corrected chi connectivity index (χ2v) is 6.54. The fourth-order valence-corrected chi connectivity index (χ4v) is 2.87. The zero-order valence-electron chi connectivity index (χ0n) is 14.8. The van der Waals surface area contributed by atoms with E-state index in [4.69, 9.17) is 0 Å². The molecule has 130 valence electrons. The van der Waals surface area contributed by atoms with E-state index in [2.05, 4.69) is 12.1 Å². The predicted octanol–water partition coefficient (Wildman–Crippen LogP) is 6.93. The van der Waals surface area contributed by atoms with Crippen molar-refractivity contribution in [2.75, 3.05) is 0 Å². The highest BCUT2D eigenvalue weighted by atomic mass is 16.3. The van der Waals surface area contributed by atoms with Gasteiger partial charge in [0.25, 0.3) is 5.91 Å². The molecule has 0 saturated carbocycles. The highest BCUT2D eigenvalue weighted by molar-refractivity contribution is 5.76. The largest absolute Gasteiger partial charge is 0.286 e. The summed E-state index contributed by atoms with van der Waals surface area (Å²) < 4.78 is 0. The van der Waals surface area contributed by atoms with Crippen LogP contribution < -0.4 is 0 Å². The van der Waals surface area contributed by atoms with Gasteiger partial charge in [0.15, 0.2) is 0 Å². The molecular weight excluding hydrogens is 274 g/mol. The first kappa shape index (κ1) is 21.3. The second-order valence-electron chi connectivity index (χ2n) is 6.54. The van der Waals surface area contributed by atoms with Gasteiger partial charge in [-0.05, 0) is 6.42 Å². The quantitative estimate of drug-likeness (QED) is 0.216. The third kappa shape index (κ3) is 17.3. The van der Waals surface area contributed by atoms with Crippen LogP contribution in [-0.2, 0) is 4.79 Å².